The van der Waals surface area contributed by atoms with Gasteiger partial charge in [-0.25, -0.2) is 0 Å². The predicted molar refractivity (Wildman–Crippen MR) is 150 cm³/mol. The van der Waals surface area contributed by atoms with Gasteiger partial charge in [-0.05, 0) is 54.7 Å². The van der Waals surface area contributed by atoms with E-state index in [9.17, 15) is 9.59 Å². The first kappa shape index (κ1) is 25.7. The normalized spacial score (nSPS) is 17.2. The van der Waals surface area contributed by atoms with Gasteiger partial charge in [0, 0.05) is 23.2 Å². The molecule has 12 heteroatoms. The van der Waals surface area contributed by atoms with Crippen molar-refractivity contribution in [3.63, 3.8) is 0 Å². The molecular weight excluding hydrogens is 520 g/mol. The zero-order valence-corrected chi connectivity index (χ0v) is 22.2. The van der Waals surface area contributed by atoms with Crippen molar-refractivity contribution >= 4 is 56.1 Å². The van der Waals surface area contributed by atoms with Crippen LogP contribution in [0.25, 0.3) is 0 Å². The Labute approximate surface area is 227 Å². The smallest absolute Gasteiger partial charge is 0.230 e. The predicted octanol–water partition coefficient (Wildman–Crippen LogP) is 4.36. The zero-order chi connectivity index (χ0) is 26.5. The summed E-state index contributed by atoms with van der Waals surface area (Å²) in [5.41, 5.74) is 14.5. The number of amides is 2. The molecule has 2 aromatic heterocycles. The molecule has 0 radical (unpaired) electrons. The lowest BCUT2D eigenvalue weighted by Crippen LogP contribution is -2.14. The quantitative estimate of drug-likeness (QED) is 0.236. The number of aromatic nitrogens is 4. The molecule has 5 rings (SSSR count). The van der Waals surface area contributed by atoms with Gasteiger partial charge in [0.15, 0.2) is 0 Å². The Morgan fingerprint density at radius 3 is 1.55 bits per heavy atom. The van der Waals surface area contributed by atoms with E-state index in [2.05, 4.69) is 31.0 Å². The van der Waals surface area contributed by atoms with Gasteiger partial charge in [-0.2, -0.15) is 0 Å². The molecule has 38 heavy (non-hydrogen) atoms. The maximum atomic E-state index is 12.4. The molecule has 0 saturated heterocycles. The maximum Gasteiger partial charge on any atom is 0.230 e. The van der Waals surface area contributed by atoms with Gasteiger partial charge in [0.25, 0.3) is 0 Å². The van der Waals surface area contributed by atoms with E-state index in [4.69, 9.17) is 11.5 Å². The van der Waals surface area contributed by atoms with Gasteiger partial charge < -0.3 is 22.1 Å². The van der Waals surface area contributed by atoms with Crippen LogP contribution in [0.2, 0.25) is 0 Å². The van der Waals surface area contributed by atoms with E-state index in [1.165, 1.54) is 22.7 Å². The lowest BCUT2D eigenvalue weighted by Gasteiger charge is -2.25. The third-order valence-corrected chi connectivity index (χ3v) is 8.44. The molecule has 1 aliphatic carbocycles. The number of rotatable bonds is 8. The Morgan fingerprint density at radius 2 is 1.13 bits per heavy atom. The number of benzene rings is 2. The van der Waals surface area contributed by atoms with Crippen molar-refractivity contribution in [3.05, 3.63) is 69.7 Å². The molecule has 2 aromatic carbocycles. The number of nitrogens with two attached hydrogens (primary N) is 2. The third-order valence-electron chi connectivity index (χ3n) is 6.44. The Bertz CT molecular complexity index is 1300. The average molecular weight is 549 g/mol. The van der Waals surface area contributed by atoms with Gasteiger partial charge >= 0.3 is 0 Å². The second kappa shape index (κ2) is 11.7. The van der Waals surface area contributed by atoms with Gasteiger partial charge in [0.2, 0.25) is 22.1 Å². The summed E-state index contributed by atoms with van der Waals surface area (Å²) < 4.78 is 0. The summed E-state index contributed by atoms with van der Waals surface area (Å²) in [6.45, 7) is 0. The Kier molecular flexibility index (Phi) is 7.89. The molecule has 4 aromatic rings. The van der Waals surface area contributed by atoms with E-state index in [1.54, 1.807) is 24.3 Å². The van der Waals surface area contributed by atoms with Crippen molar-refractivity contribution in [2.75, 3.05) is 22.1 Å². The van der Waals surface area contributed by atoms with Crippen molar-refractivity contribution in [1.82, 2.24) is 20.4 Å². The molecule has 2 heterocycles. The molecule has 0 aliphatic heterocycles. The first-order valence-electron chi connectivity index (χ1n) is 12.4. The van der Waals surface area contributed by atoms with Crippen LogP contribution in [0.4, 0.5) is 21.6 Å². The lowest BCUT2D eigenvalue weighted by atomic mass is 9.82. The molecular formula is C26H28N8O2S2. The van der Waals surface area contributed by atoms with Crippen LogP contribution in [0.5, 0.6) is 0 Å². The van der Waals surface area contributed by atoms with Crippen molar-refractivity contribution in [2.45, 2.75) is 50.4 Å². The zero-order valence-electron chi connectivity index (χ0n) is 20.6. The summed E-state index contributed by atoms with van der Waals surface area (Å²) in [6.07, 6.45) is 4.42. The summed E-state index contributed by atoms with van der Waals surface area (Å²) in [4.78, 5) is 24.9. The largest absolute Gasteiger partial charge is 0.399 e. The Balaban J connectivity index is 1.14. The molecule has 0 spiro atoms. The highest BCUT2D eigenvalue weighted by molar-refractivity contribution is 7.15. The van der Waals surface area contributed by atoms with Crippen LogP contribution in [-0.2, 0) is 22.4 Å². The van der Waals surface area contributed by atoms with Crippen molar-refractivity contribution in [2.24, 2.45) is 0 Å². The van der Waals surface area contributed by atoms with E-state index in [0.29, 0.717) is 21.6 Å². The van der Waals surface area contributed by atoms with E-state index < -0.39 is 0 Å². The van der Waals surface area contributed by atoms with Crippen molar-refractivity contribution in [3.8, 4) is 0 Å². The molecule has 2 unspecified atom stereocenters. The molecule has 196 valence electrons. The molecule has 2 atom stereocenters. The average Bonchev–Trinajstić information content (AvgIpc) is 3.57. The number of nitrogen functional groups attached to an aromatic ring is 2. The summed E-state index contributed by atoms with van der Waals surface area (Å²) in [5.74, 6) is 0.195. The standard InChI is InChI=1S/C26H28N8O2S2/c27-19-8-4-15(5-9-19)12-21(35)29-25-33-31-23(37-25)17-2-1-3-18(14-17)24-32-34-26(38-24)30-22(36)13-16-6-10-20(28)11-7-16/h4-11,17-18H,1-3,12-14,27-28H2,(H,29,33,35)(H,30,34,36). The molecule has 10 nitrogen and oxygen atoms in total. The van der Waals surface area contributed by atoms with E-state index in [-0.39, 0.29) is 36.5 Å². The van der Waals surface area contributed by atoms with E-state index in [0.717, 1.165) is 46.8 Å². The first-order chi connectivity index (χ1) is 18.4. The fourth-order valence-electron chi connectivity index (χ4n) is 4.51. The van der Waals surface area contributed by atoms with Gasteiger partial charge in [-0.15, -0.1) is 20.4 Å². The van der Waals surface area contributed by atoms with Crippen LogP contribution < -0.4 is 22.1 Å². The highest BCUT2D eigenvalue weighted by atomic mass is 32.1. The van der Waals surface area contributed by atoms with Crippen LogP contribution in [0.15, 0.2) is 48.5 Å². The molecule has 6 N–H and O–H groups in total. The summed E-state index contributed by atoms with van der Waals surface area (Å²) in [6, 6.07) is 14.5. The maximum absolute atomic E-state index is 12.4. The first-order valence-corrected chi connectivity index (χ1v) is 14.0. The summed E-state index contributed by atoms with van der Waals surface area (Å²) in [5, 5.41) is 25.7. The van der Waals surface area contributed by atoms with Gasteiger partial charge in [-0.1, -0.05) is 53.4 Å². The number of carbonyl (C=O) groups is 2. The number of hydrogen-bond acceptors (Lipinski definition) is 10. The van der Waals surface area contributed by atoms with Gasteiger partial charge in [0.1, 0.15) is 10.0 Å². The molecule has 1 saturated carbocycles. The van der Waals surface area contributed by atoms with E-state index in [1.807, 2.05) is 24.3 Å². The number of carbonyl (C=O) groups excluding carboxylic acids is 2. The SMILES string of the molecule is Nc1ccc(CC(=O)Nc2nnc(C3CCCC(c4nnc(NC(=O)Cc5ccc(N)cc5)s4)C3)s2)cc1. The third kappa shape index (κ3) is 6.69. The minimum atomic E-state index is -0.140. The van der Waals surface area contributed by atoms with Crippen molar-refractivity contribution in [1.29, 1.82) is 0 Å². The number of hydrogen-bond donors (Lipinski definition) is 4. The second-order valence-corrected chi connectivity index (χ2v) is 11.4. The van der Waals surface area contributed by atoms with Gasteiger partial charge in [0.05, 0.1) is 12.8 Å². The summed E-state index contributed by atoms with van der Waals surface area (Å²) >= 11 is 2.84. The van der Waals surface area contributed by atoms with Crippen LogP contribution in [0.3, 0.4) is 0 Å². The number of nitrogens with zero attached hydrogens (tertiary/aromatic N) is 4. The Hall–Kier alpha value is -3.90. The highest BCUT2D eigenvalue weighted by Crippen LogP contribution is 2.43. The Morgan fingerprint density at radius 1 is 0.711 bits per heavy atom. The molecule has 1 fully saturated rings. The topological polar surface area (TPSA) is 162 Å². The molecule has 0 bridgehead atoms. The fourth-order valence-corrected chi connectivity index (χ4v) is 6.32. The second-order valence-electron chi connectivity index (χ2n) is 9.38. The fraction of sp³-hybridized carbons (Fsp3) is 0.308. The van der Waals surface area contributed by atoms with Crippen molar-refractivity contribution < 1.29 is 9.59 Å². The number of nitrogens with one attached hydrogen (secondary N) is 2. The molecule has 2 amide bonds. The van der Waals surface area contributed by atoms with Crippen LogP contribution in [0, 0.1) is 0 Å². The van der Waals surface area contributed by atoms with E-state index >= 15 is 0 Å². The van der Waals surface area contributed by atoms with Crippen LogP contribution in [-0.4, -0.2) is 32.2 Å². The summed E-state index contributed by atoms with van der Waals surface area (Å²) in [7, 11) is 0. The number of anilines is 4. The lowest BCUT2D eigenvalue weighted by molar-refractivity contribution is -0.116. The minimum absolute atomic E-state index is 0.140. The molecule has 1 aliphatic rings. The minimum Gasteiger partial charge on any atom is -0.399 e. The monoisotopic (exact) mass is 548 g/mol. The van der Waals surface area contributed by atoms with Gasteiger partial charge in [-0.3, -0.25) is 9.59 Å². The van der Waals surface area contributed by atoms with Crippen LogP contribution >= 0.6 is 22.7 Å². The highest BCUT2D eigenvalue weighted by Gasteiger charge is 2.29. The van der Waals surface area contributed by atoms with Crippen LogP contribution in [0.1, 0.15) is 58.7 Å².